The third-order valence-corrected chi connectivity index (χ3v) is 4.62. The molecule has 1 aliphatic heterocycles. The Bertz CT molecular complexity index is 556. The number of hydrogen-bond acceptors (Lipinski definition) is 2. The summed E-state index contributed by atoms with van der Waals surface area (Å²) < 4.78 is 0. The van der Waals surface area contributed by atoms with Crippen molar-refractivity contribution in [3.8, 4) is 0 Å². The summed E-state index contributed by atoms with van der Waals surface area (Å²) in [5.41, 5.74) is 1.17. The second-order valence-corrected chi connectivity index (χ2v) is 6.47. The molecule has 1 aromatic rings. The molecule has 140 valence electrons. The van der Waals surface area contributed by atoms with Gasteiger partial charge in [-0.15, -0.1) is 12.4 Å². The average Bonchev–Trinajstić information content (AvgIpc) is 2.62. The maximum atomic E-state index is 4.48. The van der Waals surface area contributed by atoms with E-state index in [0.29, 0.717) is 6.04 Å². The van der Waals surface area contributed by atoms with Crippen LogP contribution in [0.4, 0.5) is 5.69 Å². The molecule has 0 aromatic heterocycles. The maximum Gasteiger partial charge on any atom is 0.199 e. The quantitative estimate of drug-likeness (QED) is 0.682. The van der Waals surface area contributed by atoms with Crippen LogP contribution in [0.5, 0.6) is 0 Å². The molecule has 0 spiro atoms. The second-order valence-electron chi connectivity index (χ2n) is 6.47. The van der Waals surface area contributed by atoms with Crippen LogP contribution in [0.15, 0.2) is 47.2 Å². The molecule has 25 heavy (non-hydrogen) atoms. The molecular weight excluding hydrogens is 332 g/mol. The van der Waals surface area contributed by atoms with E-state index in [9.17, 15) is 0 Å². The molecule has 0 aliphatic carbocycles. The molecule has 2 rings (SSSR count). The molecular formula is C20H33ClN4. The number of hydrogen-bond donors (Lipinski definition) is 1. The van der Waals surface area contributed by atoms with Crippen molar-refractivity contribution in [3.63, 3.8) is 0 Å². The topological polar surface area (TPSA) is 30.9 Å². The van der Waals surface area contributed by atoms with Gasteiger partial charge in [0, 0.05) is 26.3 Å². The molecule has 1 aliphatic rings. The Morgan fingerprint density at radius 3 is 2.44 bits per heavy atom. The van der Waals surface area contributed by atoms with Crippen molar-refractivity contribution < 1.29 is 0 Å². The highest BCUT2D eigenvalue weighted by atomic mass is 35.5. The molecule has 1 unspecified atom stereocenters. The van der Waals surface area contributed by atoms with Crippen LogP contribution < -0.4 is 10.2 Å². The number of benzene rings is 1. The van der Waals surface area contributed by atoms with E-state index in [1.54, 1.807) is 0 Å². The average molecular weight is 365 g/mol. The lowest BCUT2D eigenvalue weighted by molar-refractivity contribution is 0.342. The van der Waals surface area contributed by atoms with E-state index in [0.717, 1.165) is 18.3 Å². The molecule has 0 saturated carbocycles. The Labute approximate surface area is 159 Å². The fourth-order valence-corrected chi connectivity index (χ4v) is 3.11. The van der Waals surface area contributed by atoms with Gasteiger partial charge in [0.15, 0.2) is 5.96 Å². The van der Waals surface area contributed by atoms with Crippen LogP contribution in [0.25, 0.3) is 0 Å². The summed E-state index contributed by atoms with van der Waals surface area (Å²) in [5.74, 6) is 2.06. The minimum Gasteiger partial charge on any atom is -0.336 e. The molecule has 5 heteroatoms. The van der Waals surface area contributed by atoms with E-state index < -0.39 is 0 Å². The van der Waals surface area contributed by atoms with Gasteiger partial charge in [-0.25, -0.2) is 0 Å². The van der Waals surface area contributed by atoms with Gasteiger partial charge in [0.2, 0.25) is 0 Å². The predicted molar refractivity (Wildman–Crippen MR) is 112 cm³/mol. The summed E-state index contributed by atoms with van der Waals surface area (Å²) in [4.78, 5) is 9.03. The van der Waals surface area contributed by atoms with Gasteiger partial charge in [-0.05, 0) is 31.6 Å². The van der Waals surface area contributed by atoms with Gasteiger partial charge < -0.3 is 15.1 Å². The first-order chi connectivity index (χ1) is 11.7. The Morgan fingerprint density at radius 1 is 1.12 bits per heavy atom. The minimum atomic E-state index is 0. The lowest BCUT2D eigenvalue weighted by Gasteiger charge is -2.38. The smallest absolute Gasteiger partial charge is 0.199 e. The van der Waals surface area contributed by atoms with E-state index in [1.165, 1.54) is 37.8 Å². The van der Waals surface area contributed by atoms with Crippen molar-refractivity contribution in [1.82, 2.24) is 10.2 Å². The highest BCUT2D eigenvalue weighted by molar-refractivity contribution is 5.85. The number of rotatable bonds is 8. The molecule has 4 nitrogen and oxygen atoms in total. The standard InChI is InChI=1S/C20H32N4.ClH/c1-5-6-7-8-12-15-24-17(2)16-19(22-20(24)21-3)23(4)18-13-10-9-11-14-18;/h9-11,13-14,16-17H,5-8,12,15H2,1-4H3,(H,21,22);1H. The number of aliphatic imine (C=N–C) groups is 1. The van der Waals surface area contributed by atoms with Gasteiger partial charge in [0.05, 0.1) is 6.04 Å². The minimum absolute atomic E-state index is 0. The van der Waals surface area contributed by atoms with Crippen molar-refractivity contribution >= 4 is 24.1 Å². The summed E-state index contributed by atoms with van der Waals surface area (Å²) >= 11 is 0. The Kier molecular flexibility index (Phi) is 9.43. The fraction of sp³-hybridized carbons (Fsp3) is 0.550. The summed E-state index contributed by atoms with van der Waals surface area (Å²) in [5, 5.41) is 3.50. The van der Waals surface area contributed by atoms with Crippen LogP contribution in [0.3, 0.4) is 0 Å². The van der Waals surface area contributed by atoms with E-state index in [1.807, 2.05) is 13.1 Å². The van der Waals surface area contributed by atoms with Crippen LogP contribution in [0.1, 0.15) is 46.0 Å². The third kappa shape index (κ3) is 5.96. The van der Waals surface area contributed by atoms with Gasteiger partial charge >= 0.3 is 0 Å². The largest absolute Gasteiger partial charge is 0.336 e. The first-order valence-electron chi connectivity index (χ1n) is 9.18. The first-order valence-corrected chi connectivity index (χ1v) is 9.18. The number of halogens is 1. The zero-order valence-corrected chi connectivity index (χ0v) is 16.9. The van der Waals surface area contributed by atoms with E-state index in [2.05, 4.69) is 71.3 Å². The van der Waals surface area contributed by atoms with Gasteiger partial charge in [-0.1, -0.05) is 50.8 Å². The third-order valence-electron chi connectivity index (χ3n) is 4.62. The fourth-order valence-electron chi connectivity index (χ4n) is 3.11. The Balaban J connectivity index is 0.00000312. The number of nitrogens with one attached hydrogen (secondary N) is 1. The highest BCUT2D eigenvalue weighted by Crippen LogP contribution is 2.20. The van der Waals surface area contributed by atoms with Crippen LogP contribution >= 0.6 is 12.4 Å². The molecule has 0 amide bonds. The van der Waals surface area contributed by atoms with Crippen LogP contribution in [-0.4, -0.2) is 37.5 Å². The second kappa shape index (κ2) is 11.0. The Morgan fingerprint density at radius 2 is 1.80 bits per heavy atom. The summed E-state index contributed by atoms with van der Waals surface area (Å²) in [6.45, 7) is 5.56. The predicted octanol–water partition coefficient (Wildman–Crippen LogP) is 4.64. The molecule has 1 atom stereocenters. The zero-order valence-electron chi connectivity index (χ0n) is 16.0. The van der Waals surface area contributed by atoms with Gasteiger partial charge in [-0.3, -0.25) is 4.99 Å². The molecule has 1 N–H and O–H groups in total. The summed E-state index contributed by atoms with van der Waals surface area (Å²) in [6, 6.07) is 10.8. The van der Waals surface area contributed by atoms with Crippen LogP contribution in [0.2, 0.25) is 0 Å². The molecule has 0 radical (unpaired) electrons. The van der Waals surface area contributed by atoms with E-state index in [-0.39, 0.29) is 12.4 Å². The summed E-state index contributed by atoms with van der Waals surface area (Å²) in [6.07, 6.45) is 8.78. The van der Waals surface area contributed by atoms with Gasteiger partial charge in [-0.2, -0.15) is 0 Å². The van der Waals surface area contributed by atoms with Crippen LogP contribution in [0, 0.1) is 0 Å². The first kappa shape index (κ1) is 21.4. The summed E-state index contributed by atoms with van der Waals surface area (Å²) in [7, 11) is 3.96. The highest BCUT2D eigenvalue weighted by Gasteiger charge is 2.24. The van der Waals surface area contributed by atoms with Crippen molar-refractivity contribution in [3.05, 3.63) is 42.2 Å². The molecule has 0 bridgehead atoms. The Hall–Kier alpha value is -1.68. The van der Waals surface area contributed by atoms with Crippen molar-refractivity contribution in [2.75, 3.05) is 25.5 Å². The normalized spacial score (nSPS) is 18.4. The molecule has 1 heterocycles. The number of guanidine groups is 1. The molecule has 0 saturated heterocycles. The van der Waals surface area contributed by atoms with E-state index >= 15 is 0 Å². The monoisotopic (exact) mass is 364 g/mol. The van der Waals surface area contributed by atoms with E-state index in [4.69, 9.17) is 0 Å². The maximum absolute atomic E-state index is 4.48. The SMILES string of the molecule is CCCCCCCN1C(=NC)NC(N(C)c2ccccc2)=CC1C.Cl. The molecule has 0 fully saturated rings. The lowest BCUT2D eigenvalue weighted by Crippen LogP contribution is -2.52. The lowest BCUT2D eigenvalue weighted by atomic mass is 10.1. The number of unbranched alkanes of at least 4 members (excludes halogenated alkanes) is 4. The van der Waals surface area contributed by atoms with Crippen molar-refractivity contribution in [2.24, 2.45) is 4.99 Å². The van der Waals surface area contributed by atoms with Crippen molar-refractivity contribution in [2.45, 2.75) is 52.0 Å². The van der Waals surface area contributed by atoms with Gasteiger partial charge in [0.1, 0.15) is 5.82 Å². The van der Waals surface area contributed by atoms with Crippen LogP contribution in [-0.2, 0) is 0 Å². The molecule has 1 aromatic carbocycles. The zero-order chi connectivity index (χ0) is 17.4. The number of nitrogens with zero attached hydrogens (tertiary/aromatic N) is 3. The number of anilines is 1. The van der Waals surface area contributed by atoms with Gasteiger partial charge in [0.25, 0.3) is 0 Å². The number of para-hydroxylation sites is 1. The van der Waals surface area contributed by atoms with Crippen molar-refractivity contribution in [1.29, 1.82) is 0 Å².